The van der Waals surface area contributed by atoms with Gasteiger partial charge in [-0.1, -0.05) is 17.2 Å². The molecule has 19 heavy (non-hydrogen) atoms. The SMILES string of the molecule is O=C(ON1C(=O)c2ccccc2C1=O)C1CCSC1. The molecule has 0 aliphatic carbocycles. The number of imide groups is 1. The molecule has 2 heterocycles. The minimum Gasteiger partial charge on any atom is -0.329 e. The third-order valence-electron chi connectivity index (χ3n) is 3.20. The van der Waals surface area contributed by atoms with Gasteiger partial charge in [0, 0.05) is 5.75 Å². The van der Waals surface area contributed by atoms with Gasteiger partial charge in [-0.05, 0) is 24.3 Å². The lowest BCUT2D eigenvalue weighted by Crippen LogP contribution is -2.35. The van der Waals surface area contributed by atoms with Crippen molar-refractivity contribution in [2.24, 2.45) is 5.92 Å². The van der Waals surface area contributed by atoms with Gasteiger partial charge in [0.1, 0.15) is 0 Å². The number of thioether (sulfide) groups is 1. The number of carbonyl (C=O) groups excluding carboxylic acids is 3. The van der Waals surface area contributed by atoms with Crippen molar-refractivity contribution in [1.29, 1.82) is 0 Å². The molecule has 1 saturated heterocycles. The third kappa shape index (κ3) is 2.02. The molecule has 98 valence electrons. The van der Waals surface area contributed by atoms with Crippen molar-refractivity contribution in [3.63, 3.8) is 0 Å². The number of nitrogens with zero attached hydrogens (tertiary/aromatic N) is 1. The predicted molar refractivity (Wildman–Crippen MR) is 68.5 cm³/mol. The minimum absolute atomic E-state index is 0.227. The Morgan fingerprint density at radius 1 is 1.21 bits per heavy atom. The van der Waals surface area contributed by atoms with E-state index < -0.39 is 17.8 Å². The van der Waals surface area contributed by atoms with Gasteiger partial charge in [0.15, 0.2) is 0 Å². The fraction of sp³-hybridized carbons (Fsp3) is 0.308. The zero-order chi connectivity index (χ0) is 13.4. The van der Waals surface area contributed by atoms with Crippen LogP contribution in [-0.4, -0.2) is 34.4 Å². The van der Waals surface area contributed by atoms with Crippen molar-refractivity contribution >= 4 is 29.5 Å². The molecule has 1 aromatic rings. The lowest BCUT2D eigenvalue weighted by Gasteiger charge is -2.15. The first-order chi connectivity index (χ1) is 9.18. The molecule has 0 bridgehead atoms. The molecule has 0 N–H and O–H groups in total. The molecule has 3 rings (SSSR count). The predicted octanol–water partition coefficient (Wildman–Crippen LogP) is 1.49. The zero-order valence-electron chi connectivity index (χ0n) is 10.00. The number of hydrogen-bond acceptors (Lipinski definition) is 5. The smallest absolute Gasteiger partial charge is 0.329 e. The number of amides is 2. The number of hydroxylamine groups is 2. The van der Waals surface area contributed by atoms with Crippen LogP contribution in [-0.2, 0) is 9.63 Å². The van der Waals surface area contributed by atoms with Gasteiger partial charge in [0.25, 0.3) is 11.8 Å². The summed E-state index contributed by atoms with van der Waals surface area (Å²) in [5.41, 5.74) is 0.558. The Balaban J connectivity index is 1.78. The molecule has 1 fully saturated rings. The van der Waals surface area contributed by atoms with E-state index in [9.17, 15) is 14.4 Å². The lowest BCUT2D eigenvalue weighted by atomic mass is 10.1. The van der Waals surface area contributed by atoms with Gasteiger partial charge >= 0.3 is 5.97 Å². The maximum Gasteiger partial charge on any atom is 0.337 e. The van der Waals surface area contributed by atoms with E-state index in [4.69, 9.17) is 4.84 Å². The van der Waals surface area contributed by atoms with Crippen LogP contribution in [0.4, 0.5) is 0 Å². The summed E-state index contributed by atoms with van der Waals surface area (Å²) >= 11 is 1.67. The van der Waals surface area contributed by atoms with Gasteiger partial charge in [-0.15, -0.1) is 0 Å². The molecule has 1 unspecified atom stereocenters. The van der Waals surface area contributed by atoms with Crippen molar-refractivity contribution in [3.05, 3.63) is 35.4 Å². The standard InChI is InChI=1S/C13H11NO4S/c15-11-9-3-1-2-4-10(9)12(16)14(11)18-13(17)8-5-6-19-7-8/h1-4,8H,5-7H2. The van der Waals surface area contributed by atoms with Crippen molar-refractivity contribution in [2.75, 3.05) is 11.5 Å². The molecule has 0 saturated carbocycles. The van der Waals surface area contributed by atoms with E-state index in [1.807, 2.05) is 0 Å². The Hall–Kier alpha value is -1.82. The average Bonchev–Trinajstić information content (AvgIpc) is 3.03. The number of rotatable bonds is 2. The maximum absolute atomic E-state index is 12.0. The number of hydrogen-bond donors (Lipinski definition) is 0. The van der Waals surface area contributed by atoms with Crippen LogP contribution in [0.3, 0.4) is 0 Å². The summed E-state index contributed by atoms with van der Waals surface area (Å²) in [6.45, 7) is 0. The van der Waals surface area contributed by atoms with Crippen LogP contribution in [0.25, 0.3) is 0 Å². The first kappa shape index (κ1) is 12.2. The van der Waals surface area contributed by atoms with Crippen LogP contribution in [0.2, 0.25) is 0 Å². The van der Waals surface area contributed by atoms with Gasteiger partial charge in [-0.3, -0.25) is 9.59 Å². The molecule has 0 spiro atoms. The molecule has 0 aromatic heterocycles. The van der Waals surface area contributed by atoms with Gasteiger partial charge in [-0.2, -0.15) is 11.8 Å². The summed E-state index contributed by atoms with van der Waals surface area (Å²) in [6, 6.07) is 6.44. The van der Waals surface area contributed by atoms with Gasteiger partial charge in [0.05, 0.1) is 17.0 Å². The number of benzene rings is 1. The molecular weight excluding hydrogens is 266 g/mol. The van der Waals surface area contributed by atoms with E-state index in [1.165, 1.54) is 0 Å². The fourth-order valence-corrected chi connectivity index (χ4v) is 3.34. The van der Waals surface area contributed by atoms with Crippen molar-refractivity contribution in [1.82, 2.24) is 5.06 Å². The topological polar surface area (TPSA) is 63.7 Å². The molecule has 0 radical (unpaired) electrons. The summed E-state index contributed by atoms with van der Waals surface area (Å²) in [7, 11) is 0. The normalized spacial score (nSPS) is 21.7. The van der Waals surface area contributed by atoms with Crippen LogP contribution in [0.1, 0.15) is 27.1 Å². The van der Waals surface area contributed by atoms with Crippen molar-refractivity contribution in [2.45, 2.75) is 6.42 Å². The Kier molecular flexibility index (Phi) is 3.02. The lowest BCUT2D eigenvalue weighted by molar-refractivity contribution is -0.172. The van der Waals surface area contributed by atoms with Crippen LogP contribution in [0, 0.1) is 5.92 Å². The highest BCUT2D eigenvalue weighted by molar-refractivity contribution is 7.99. The third-order valence-corrected chi connectivity index (χ3v) is 4.36. The summed E-state index contributed by atoms with van der Waals surface area (Å²) in [4.78, 5) is 40.8. The van der Waals surface area contributed by atoms with E-state index in [1.54, 1.807) is 36.0 Å². The van der Waals surface area contributed by atoms with E-state index in [0.717, 1.165) is 12.2 Å². The Bertz CT molecular complexity index is 531. The first-order valence-corrected chi connectivity index (χ1v) is 7.11. The minimum atomic E-state index is -0.570. The largest absolute Gasteiger partial charge is 0.337 e. The monoisotopic (exact) mass is 277 g/mol. The number of carbonyl (C=O) groups is 3. The maximum atomic E-state index is 12.0. The quantitative estimate of drug-likeness (QED) is 0.766. The molecule has 6 heteroatoms. The van der Waals surface area contributed by atoms with E-state index >= 15 is 0 Å². The van der Waals surface area contributed by atoms with Crippen molar-refractivity contribution in [3.8, 4) is 0 Å². The molecule has 1 atom stereocenters. The molecular formula is C13H11NO4S. The molecule has 2 aliphatic heterocycles. The Labute approximate surface area is 113 Å². The van der Waals surface area contributed by atoms with Crippen LogP contribution >= 0.6 is 11.8 Å². The summed E-state index contributed by atoms with van der Waals surface area (Å²) in [6.07, 6.45) is 0.729. The number of fused-ring (bicyclic) bond motifs is 1. The van der Waals surface area contributed by atoms with Gasteiger partial charge in [0.2, 0.25) is 0 Å². The molecule has 2 amide bonds. The highest BCUT2D eigenvalue weighted by atomic mass is 32.2. The van der Waals surface area contributed by atoms with Gasteiger partial charge < -0.3 is 4.84 Å². The molecule has 1 aromatic carbocycles. The Morgan fingerprint density at radius 2 is 1.84 bits per heavy atom. The summed E-state index contributed by atoms with van der Waals surface area (Å²) in [5.74, 6) is -0.280. The second-order valence-corrected chi connectivity index (χ2v) is 5.57. The zero-order valence-corrected chi connectivity index (χ0v) is 10.8. The molecule has 5 nitrogen and oxygen atoms in total. The Morgan fingerprint density at radius 3 is 2.37 bits per heavy atom. The second kappa shape index (κ2) is 4.70. The molecule has 2 aliphatic rings. The summed E-state index contributed by atoms with van der Waals surface area (Å²) in [5, 5.41) is 0.579. The van der Waals surface area contributed by atoms with E-state index in [-0.39, 0.29) is 17.0 Å². The van der Waals surface area contributed by atoms with Gasteiger partial charge in [-0.25, -0.2) is 4.79 Å². The highest BCUT2D eigenvalue weighted by Crippen LogP contribution is 2.27. The summed E-state index contributed by atoms with van der Waals surface area (Å²) < 4.78 is 0. The van der Waals surface area contributed by atoms with E-state index in [2.05, 4.69) is 0 Å². The average molecular weight is 277 g/mol. The van der Waals surface area contributed by atoms with Crippen LogP contribution < -0.4 is 0 Å². The first-order valence-electron chi connectivity index (χ1n) is 5.96. The van der Waals surface area contributed by atoms with E-state index in [0.29, 0.717) is 10.8 Å². The van der Waals surface area contributed by atoms with Crippen LogP contribution in [0.15, 0.2) is 24.3 Å². The fourth-order valence-electron chi connectivity index (χ4n) is 2.13. The van der Waals surface area contributed by atoms with Crippen molar-refractivity contribution < 1.29 is 19.2 Å². The second-order valence-electron chi connectivity index (χ2n) is 4.42. The van der Waals surface area contributed by atoms with Crippen LogP contribution in [0.5, 0.6) is 0 Å². The highest BCUT2D eigenvalue weighted by Gasteiger charge is 2.40.